The van der Waals surface area contributed by atoms with Crippen molar-refractivity contribution in [2.45, 2.75) is 19.4 Å². The molecule has 0 bridgehead atoms. The summed E-state index contributed by atoms with van der Waals surface area (Å²) in [5.41, 5.74) is 0.877. The minimum atomic E-state index is -0.406. The van der Waals surface area contributed by atoms with Crippen LogP contribution in [0.4, 0.5) is 4.79 Å². The van der Waals surface area contributed by atoms with E-state index in [9.17, 15) is 9.59 Å². The van der Waals surface area contributed by atoms with Crippen molar-refractivity contribution < 1.29 is 9.59 Å². The molecule has 1 aromatic rings. The van der Waals surface area contributed by atoms with Crippen LogP contribution < -0.4 is 5.32 Å². The topological polar surface area (TPSA) is 62.3 Å². The molecule has 5 heteroatoms. The van der Waals surface area contributed by atoms with Crippen LogP contribution in [0.3, 0.4) is 0 Å². The number of amides is 3. The maximum atomic E-state index is 11.6. The Balaban J connectivity index is 1.96. The summed E-state index contributed by atoms with van der Waals surface area (Å²) >= 11 is 0. The van der Waals surface area contributed by atoms with Gasteiger partial charge in [0.25, 0.3) is 5.91 Å². The molecule has 0 aromatic carbocycles. The number of carbonyl (C=O) groups excluding carboxylic acids is 2. The second-order valence-corrected chi connectivity index (χ2v) is 3.73. The van der Waals surface area contributed by atoms with E-state index in [2.05, 4.69) is 10.3 Å². The Labute approximate surface area is 93.5 Å². The summed E-state index contributed by atoms with van der Waals surface area (Å²) in [6, 6.07) is 4.88. The number of nitrogens with zero attached hydrogens (tertiary/aromatic N) is 2. The number of hydrogen-bond acceptors (Lipinski definition) is 3. The van der Waals surface area contributed by atoms with Crippen molar-refractivity contribution in [3.63, 3.8) is 0 Å². The summed E-state index contributed by atoms with van der Waals surface area (Å²) in [6.45, 7) is 2.06. The van der Waals surface area contributed by atoms with Crippen molar-refractivity contribution >= 4 is 11.9 Å². The minimum Gasteiger partial charge on any atom is -0.326 e. The Kier molecular flexibility index (Phi) is 2.85. The highest BCUT2D eigenvalue weighted by atomic mass is 16.2. The molecule has 1 atom stereocenters. The highest BCUT2D eigenvalue weighted by molar-refractivity contribution is 6.03. The molecule has 2 rings (SSSR count). The summed E-state index contributed by atoms with van der Waals surface area (Å²) in [5, 5.41) is 2.57. The van der Waals surface area contributed by atoms with Crippen molar-refractivity contribution in [2.24, 2.45) is 0 Å². The van der Waals surface area contributed by atoms with Crippen LogP contribution in [-0.4, -0.2) is 34.4 Å². The maximum absolute atomic E-state index is 11.6. The lowest BCUT2D eigenvalue weighted by Crippen LogP contribution is -2.33. The van der Waals surface area contributed by atoms with Gasteiger partial charge in [-0.25, -0.2) is 4.79 Å². The quantitative estimate of drug-likeness (QED) is 0.756. The number of urea groups is 1. The summed E-state index contributed by atoms with van der Waals surface area (Å²) in [4.78, 5) is 28.3. The van der Waals surface area contributed by atoms with Gasteiger partial charge in [0.05, 0.1) is 0 Å². The molecule has 1 saturated heterocycles. The van der Waals surface area contributed by atoms with Crippen LogP contribution >= 0.6 is 0 Å². The number of rotatable bonds is 3. The van der Waals surface area contributed by atoms with Crippen LogP contribution in [0.2, 0.25) is 0 Å². The molecule has 1 aromatic heterocycles. The number of aromatic nitrogens is 1. The van der Waals surface area contributed by atoms with Crippen LogP contribution in [0.5, 0.6) is 0 Å². The fourth-order valence-electron chi connectivity index (χ4n) is 1.64. The van der Waals surface area contributed by atoms with Crippen LogP contribution in [0.15, 0.2) is 24.4 Å². The molecule has 0 saturated carbocycles. The lowest BCUT2D eigenvalue weighted by molar-refractivity contribution is -0.127. The summed E-state index contributed by atoms with van der Waals surface area (Å²) in [7, 11) is 0. The molecule has 0 spiro atoms. The standard InChI is InChI=1S/C11H13N3O2/c1-8-10(15)14(11(16)13-8)7-5-9-4-2-3-6-12-9/h2-4,6,8H,5,7H2,1H3,(H,13,16). The number of hydrogen-bond donors (Lipinski definition) is 1. The summed E-state index contributed by atoms with van der Waals surface area (Å²) in [5.74, 6) is -0.166. The van der Waals surface area contributed by atoms with Gasteiger partial charge in [-0.2, -0.15) is 0 Å². The van der Waals surface area contributed by atoms with Crippen LogP contribution in [0, 0.1) is 0 Å². The Morgan fingerprint density at radius 1 is 1.44 bits per heavy atom. The maximum Gasteiger partial charge on any atom is 0.324 e. The SMILES string of the molecule is CC1NC(=O)N(CCc2ccccn2)C1=O. The van der Waals surface area contributed by atoms with Crippen molar-refractivity contribution in [3.8, 4) is 0 Å². The largest absolute Gasteiger partial charge is 0.326 e. The van der Waals surface area contributed by atoms with Gasteiger partial charge in [0.1, 0.15) is 6.04 Å². The van der Waals surface area contributed by atoms with Crippen molar-refractivity contribution in [1.29, 1.82) is 0 Å². The molecule has 0 radical (unpaired) electrons. The van der Waals surface area contributed by atoms with E-state index in [-0.39, 0.29) is 11.9 Å². The third-order valence-electron chi connectivity index (χ3n) is 2.54. The van der Waals surface area contributed by atoms with Crippen LogP contribution in [0.1, 0.15) is 12.6 Å². The molecule has 84 valence electrons. The van der Waals surface area contributed by atoms with Gasteiger partial charge >= 0.3 is 6.03 Å². The fourth-order valence-corrected chi connectivity index (χ4v) is 1.64. The molecule has 3 amide bonds. The van der Waals surface area contributed by atoms with Gasteiger partial charge in [0, 0.05) is 24.9 Å². The Bertz CT molecular complexity index is 405. The highest BCUT2D eigenvalue weighted by Crippen LogP contribution is 2.07. The number of imide groups is 1. The summed E-state index contributed by atoms with van der Waals surface area (Å²) in [6.07, 6.45) is 2.29. The second kappa shape index (κ2) is 4.30. The van der Waals surface area contributed by atoms with E-state index in [1.165, 1.54) is 4.90 Å². The van der Waals surface area contributed by atoms with E-state index in [1.54, 1.807) is 13.1 Å². The van der Waals surface area contributed by atoms with E-state index >= 15 is 0 Å². The Morgan fingerprint density at radius 2 is 2.25 bits per heavy atom. The molecule has 1 aliphatic rings. The molecule has 16 heavy (non-hydrogen) atoms. The number of nitrogens with one attached hydrogen (secondary N) is 1. The molecule has 1 aliphatic heterocycles. The van der Waals surface area contributed by atoms with Gasteiger partial charge in [0.15, 0.2) is 0 Å². The van der Waals surface area contributed by atoms with E-state index in [0.717, 1.165) is 5.69 Å². The third kappa shape index (κ3) is 2.03. The monoisotopic (exact) mass is 219 g/mol. The zero-order chi connectivity index (χ0) is 11.5. The van der Waals surface area contributed by atoms with Gasteiger partial charge in [0.2, 0.25) is 0 Å². The zero-order valence-corrected chi connectivity index (χ0v) is 9.01. The second-order valence-electron chi connectivity index (χ2n) is 3.73. The lowest BCUT2D eigenvalue weighted by atomic mass is 10.2. The van der Waals surface area contributed by atoms with Gasteiger partial charge in [-0.3, -0.25) is 14.7 Å². The Morgan fingerprint density at radius 3 is 2.81 bits per heavy atom. The van der Waals surface area contributed by atoms with Crippen molar-refractivity contribution in [1.82, 2.24) is 15.2 Å². The van der Waals surface area contributed by atoms with Gasteiger partial charge in [-0.15, -0.1) is 0 Å². The van der Waals surface area contributed by atoms with Gasteiger partial charge < -0.3 is 5.32 Å². The lowest BCUT2D eigenvalue weighted by Gasteiger charge is -2.11. The van der Waals surface area contributed by atoms with Crippen LogP contribution in [0.25, 0.3) is 0 Å². The number of pyridine rings is 1. The molecule has 0 aliphatic carbocycles. The van der Waals surface area contributed by atoms with E-state index < -0.39 is 6.04 Å². The first-order chi connectivity index (χ1) is 7.68. The molecule has 2 heterocycles. The van der Waals surface area contributed by atoms with Gasteiger partial charge in [-0.05, 0) is 19.1 Å². The predicted molar refractivity (Wildman–Crippen MR) is 57.6 cm³/mol. The van der Waals surface area contributed by atoms with Crippen molar-refractivity contribution in [2.75, 3.05) is 6.54 Å². The Hall–Kier alpha value is -1.91. The zero-order valence-electron chi connectivity index (χ0n) is 9.01. The first kappa shape index (κ1) is 10.6. The van der Waals surface area contributed by atoms with E-state index in [0.29, 0.717) is 13.0 Å². The average Bonchev–Trinajstić information content (AvgIpc) is 2.53. The molecule has 5 nitrogen and oxygen atoms in total. The first-order valence-corrected chi connectivity index (χ1v) is 5.20. The smallest absolute Gasteiger partial charge is 0.324 e. The van der Waals surface area contributed by atoms with Gasteiger partial charge in [-0.1, -0.05) is 6.07 Å². The molecule has 1 unspecified atom stereocenters. The third-order valence-corrected chi connectivity index (χ3v) is 2.54. The van der Waals surface area contributed by atoms with Crippen molar-refractivity contribution in [3.05, 3.63) is 30.1 Å². The predicted octanol–water partition coefficient (Wildman–Crippen LogP) is 0.564. The van der Waals surface area contributed by atoms with E-state index in [4.69, 9.17) is 0 Å². The summed E-state index contributed by atoms with van der Waals surface area (Å²) < 4.78 is 0. The molecular formula is C11H13N3O2. The number of carbonyl (C=O) groups is 2. The minimum absolute atomic E-state index is 0.166. The highest BCUT2D eigenvalue weighted by Gasteiger charge is 2.34. The van der Waals surface area contributed by atoms with Crippen LogP contribution in [-0.2, 0) is 11.2 Å². The fraction of sp³-hybridized carbons (Fsp3) is 0.364. The molecular weight excluding hydrogens is 206 g/mol. The molecule has 1 fully saturated rings. The molecule has 1 N–H and O–H groups in total. The van der Waals surface area contributed by atoms with E-state index in [1.807, 2.05) is 18.2 Å². The average molecular weight is 219 g/mol. The first-order valence-electron chi connectivity index (χ1n) is 5.20. The normalized spacial score (nSPS) is 20.1.